The number of nitrogens with one attached hydrogen (secondary N) is 2. The summed E-state index contributed by atoms with van der Waals surface area (Å²) in [6.07, 6.45) is 0.590. The minimum absolute atomic E-state index is 0.0610. The van der Waals surface area contributed by atoms with Crippen LogP contribution in [0.25, 0.3) is 0 Å². The lowest BCUT2D eigenvalue weighted by atomic mass is 10.1. The number of hydrogen-bond acceptors (Lipinski definition) is 4. The van der Waals surface area contributed by atoms with E-state index in [-0.39, 0.29) is 30.8 Å². The highest BCUT2D eigenvalue weighted by atomic mass is 16.2. The highest BCUT2D eigenvalue weighted by molar-refractivity contribution is 5.91. The normalized spacial score (nSPS) is 24.4. The molecule has 106 valence electrons. The summed E-state index contributed by atoms with van der Waals surface area (Å²) in [5, 5.41) is 5.72. The molecule has 1 unspecified atom stereocenters. The van der Waals surface area contributed by atoms with Crippen LogP contribution in [0.4, 0.5) is 0 Å². The SMILES string of the molecule is CCC1C(=O)NCCN1C(=O)CN1CCNCC1=O. The van der Waals surface area contributed by atoms with Crippen LogP contribution in [0, 0.1) is 0 Å². The maximum absolute atomic E-state index is 12.3. The van der Waals surface area contributed by atoms with E-state index < -0.39 is 6.04 Å². The zero-order valence-electron chi connectivity index (χ0n) is 11.1. The lowest BCUT2D eigenvalue weighted by Crippen LogP contribution is -2.59. The molecule has 0 bridgehead atoms. The molecule has 2 rings (SSSR count). The molecular weight excluding hydrogens is 248 g/mol. The second-order valence-electron chi connectivity index (χ2n) is 4.79. The second kappa shape index (κ2) is 6.01. The average molecular weight is 268 g/mol. The third-order valence-electron chi connectivity index (χ3n) is 3.55. The molecule has 2 aliphatic heterocycles. The molecule has 19 heavy (non-hydrogen) atoms. The predicted molar refractivity (Wildman–Crippen MR) is 68.3 cm³/mol. The van der Waals surface area contributed by atoms with E-state index in [4.69, 9.17) is 0 Å². The number of rotatable bonds is 3. The van der Waals surface area contributed by atoms with Crippen LogP contribution < -0.4 is 10.6 Å². The topological polar surface area (TPSA) is 81.8 Å². The largest absolute Gasteiger partial charge is 0.353 e. The molecular formula is C12H20N4O3. The van der Waals surface area contributed by atoms with Crippen LogP contribution in [0.5, 0.6) is 0 Å². The third kappa shape index (κ3) is 3.04. The lowest BCUT2D eigenvalue weighted by Gasteiger charge is -2.36. The molecule has 0 spiro atoms. The van der Waals surface area contributed by atoms with Crippen LogP contribution in [-0.2, 0) is 14.4 Å². The minimum atomic E-state index is -0.403. The first kappa shape index (κ1) is 13.8. The van der Waals surface area contributed by atoms with Crippen LogP contribution in [0.2, 0.25) is 0 Å². The van der Waals surface area contributed by atoms with Crippen molar-refractivity contribution in [2.45, 2.75) is 19.4 Å². The van der Waals surface area contributed by atoms with Gasteiger partial charge in [0.15, 0.2) is 0 Å². The Labute approximate surface area is 112 Å². The molecule has 7 nitrogen and oxygen atoms in total. The van der Waals surface area contributed by atoms with Gasteiger partial charge in [0.2, 0.25) is 17.7 Å². The minimum Gasteiger partial charge on any atom is -0.353 e. The maximum Gasteiger partial charge on any atom is 0.242 e. The van der Waals surface area contributed by atoms with Gasteiger partial charge in [-0.25, -0.2) is 0 Å². The van der Waals surface area contributed by atoms with Crippen LogP contribution in [0.3, 0.4) is 0 Å². The number of carbonyl (C=O) groups is 3. The molecule has 1 atom stereocenters. The van der Waals surface area contributed by atoms with Crippen molar-refractivity contribution in [3.05, 3.63) is 0 Å². The van der Waals surface area contributed by atoms with E-state index in [2.05, 4.69) is 10.6 Å². The molecule has 2 aliphatic rings. The summed E-state index contributed by atoms with van der Waals surface area (Å²) in [4.78, 5) is 38.7. The second-order valence-corrected chi connectivity index (χ2v) is 4.79. The first-order chi connectivity index (χ1) is 9.13. The molecule has 3 amide bonds. The van der Waals surface area contributed by atoms with Gasteiger partial charge in [0.05, 0.1) is 13.1 Å². The number of hydrogen-bond donors (Lipinski definition) is 2. The van der Waals surface area contributed by atoms with Gasteiger partial charge in [-0.3, -0.25) is 14.4 Å². The van der Waals surface area contributed by atoms with E-state index in [1.165, 1.54) is 0 Å². The van der Waals surface area contributed by atoms with E-state index in [1.54, 1.807) is 9.80 Å². The maximum atomic E-state index is 12.3. The number of nitrogens with zero attached hydrogens (tertiary/aromatic N) is 2. The van der Waals surface area contributed by atoms with Crippen molar-refractivity contribution >= 4 is 17.7 Å². The van der Waals surface area contributed by atoms with Gasteiger partial charge in [-0.2, -0.15) is 0 Å². The fourth-order valence-electron chi connectivity index (χ4n) is 2.49. The molecule has 0 aromatic heterocycles. The summed E-state index contributed by atoms with van der Waals surface area (Å²) >= 11 is 0. The van der Waals surface area contributed by atoms with E-state index in [0.29, 0.717) is 32.6 Å². The lowest BCUT2D eigenvalue weighted by molar-refractivity contribution is -0.147. The summed E-state index contributed by atoms with van der Waals surface area (Å²) in [6.45, 7) is 4.49. The van der Waals surface area contributed by atoms with Crippen molar-refractivity contribution in [1.29, 1.82) is 0 Å². The van der Waals surface area contributed by atoms with Crippen molar-refractivity contribution in [2.24, 2.45) is 0 Å². The highest BCUT2D eigenvalue weighted by Crippen LogP contribution is 2.09. The Hall–Kier alpha value is -1.63. The summed E-state index contributed by atoms with van der Waals surface area (Å²) in [5.74, 6) is -0.306. The van der Waals surface area contributed by atoms with Gasteiger partial charge in [-0.15, -0.1) is 0 Å². The first-order valence-electron chi connectivity index (χ1n) is 6.69. The molecule has 2 saturated heterocycles. The van der Waals surface area contributed by atoms with E-state index in [0.717, 1.165) is 0 Å². The van der Waals surface area contributed by atoms with Crippen molar-refractivity contribution in [3.8, 4) is 0 Å². The number of amides is 3. The van der Waals surface area contributed by atoms with Crippen LogP contribution in [0.1, 0.15) is 13.3 Å². The van der Waals surface area contributed by atoms with Gasteiger partial charge in [-0.05, 0) is 6.42 Å². The van der Waals surface area contributed by atoms with Gasteiger partial charge in [0, 0.05) is 26.2 Å². The van der Waals surface area contributed by atoms with Crippen molar-refractivity contribution in [2.75, 3.05) is 39.3 Å². The van der Waals surface area contributed by atoms with Crippen molar-refractivity contribution in [1.82, 2.24) is 20.4 Å². The Bertz CT molecular complexity index is 385. The standard InChI is InChI=1S/C12H20N4O3/c1-2-9-12(19)14-4-6-16(9)11(18)8-15-5-3-13-7-10(15)17/h9,13H,2-8H2,1H3,(H,14,19). The summed E-state index contributed by atoms with van der Waals surface area (Å²) < 4.78 is 0. The molecule has 0 aromatic rings. The van der Waals surface area contributed by atoms with Gasteiger partial charge >= 0.3 is 0 Å². The van der Waals surface area contributed by atoms with Crippen molar-refractivity contribution < 1.29 is 14.4 Å². The Balaban J connectivity index is 1.97. The zero-order chi connectivity index (χ0) is 13.8. The highest BCUT2D eigenvalue weighted by Gasteiger charge is 2.33. The molecule has 7 heteroatoms. The van der Waals surface area contributed by atoms with E-state index >= 15 is 0 Å². The molecule has 0 aromatic carbocycles. The monoisotopic (exact) mass is 268 g/mol. The quantitative estimate of drug-likeness (QED) is 0.630. The van der Waals surface area contributed by atoms with Gasteiger partial charge in [-0.1, -0.05) is 6.92 Å². The van der Waals surface area contributed by atoms with Crippen LogP contribution in [-0.4, -0.2) is 72.8 Å². The zero-order valence-corrected chi connectivity index (χ0v) is 11.1. The number of piperazine rings is 2. The summed E-state index contributed by atoms with van der Waals surface area (Å²) in [7, 11) is 0. The smallest absolute Gasteiger partial charge is 0.242 e. The Kier molecular flexibility index (Phi) is 4.36. The molecule has 0 radical (unpaired) electrons. The molecule has 2 heterocycles. The van der Waals surface area contributed by atoms with Gasteiger partial charge < -0.3 is 20.4 Å². The Morgan fingerprint density at radius 3 is 2.79 bits per heavy atom. The molecule has 2 N–H and O–H groups in total. The van der Waals surface area contributed by atoms with Crippen LogP contribution >= 0.6 is 0 Å². The fraction of sp³-hybridized carbons (Fsp3) is 0.750. The van der Waals surface area contributed by atoms with Crippen molar-refractivity contribution in [3.63, 3.8) is 0 Å². The fourth-order valence-corrected chi connectivity index (χ4v) is 2.49. The molecule has 0 aliphatic carbocycles. The Morgan fingerprint density at radius 2 is 2.11 bits per heavy atom. The predicted octanol–water partition coefficient (Wildman–Crippen LogP) is -1.84. The van der Waals surface area contributed by atoms with Gasteiger partial charge in [0.1, 0.15) is 6.04 Å². The van der Waals surface area contributed by atoms with E-state index in [1.807, 2.05) is 6.92 Å². The third-order valence-corrected chi connectivity index (χ3v) is 3.55. The van der Waals surface area contributed by atoms with Gasteiger partial charge in [0.25, 0.3) is 0 Å². The Morgan fingerprint density at radius 1 is 1.32 bits per heavy atom. The molecule has 0 saturated carbocycles. The average Bonchev–Trinajstić information content (AvgIpc) is 2.41. The first-order valence-corrected chi connectivity index (χ1v) is 6.69. The number of carbonyl (C=O) groups excluding carboxylic acids is 3. The summed E-state index contributed by atoms with van der Waals surface area (Å²) in [5.41, 5.74) is 0. The molecule has 2 fully saturated rings. The summed E-state index contributed by atoms with van der Waals surface area (Å²) in [6, 6.07) is -0.403. The van der Waals surface area contributed by atoms with E-state index in [9.17, 15) is 14.4 Å². The van der Waals surface area contributed by atoms with Crippen LogP contribution in [0.15, 0.2) is 0 Å².